The van der Waals surface area contributed by atoms with E-state index in [2.05, 4.69) is 10.6 Å². The fourth-order valence-electron chi connectivity index (χ4n) is 2.39. The summed E-state index contributed by atoms with van der Waals surface area (Å²) in [5, 5.41) is 24.8. The van der Waals surface area contributed by atoms with Gasteiger partial charge in [-0.05, 0) is 50.4 Å². The Kier molecular flexibility index (Phi) is 4.63. The second-order valence-corrected chi connectivity index (χ2v) is 4.98. The van der Waals surface area contributed by atoms with Crippen LogP contribution in [0.1, 0.15) is 29.6 Å². The van der Waals surface area contributed by atoms with Crippen molar-refractivity contribution in [3.8, 4) is 11.5 Å². The van der Waals surface area contributed by atoms with Crippen LogP contribution < -0.4 is 10.6 Å². The number of phenolic OH excluding ortho intramolecular Hbond substituents is 2. The third-order valence-corrected chi connectivity index (χ3v) is 3.46. The number of benzene rings is 1. The van der Waals surface area contributed by atoms with Crippen LogP contribution in [0.4, 0.5) is 0 Å². The van der Waals surface area contributed by atoms with Gasteiger partial charge in [0, 0.05) is 18.2 Å². The molecular formula is C14H20N2O3. The van der Waals surface area contributed by atoms with Gasteiger partial charge in [-0.15, -0.1) is 0 Å². The van der Waals surface area contributed by atoms with Crippen LogP contribution in [0.5, 0.6) is 11.5 Å². The summed E-state index contributed by atoms with van der Waals surface area (Å²) >= 11 is 0. The van der Waals surface area contributed by atoms with Crippen molar-refractivity contribution in [2.45, 2.75) is 19.3 Å². The number of phenols is 2. The summed E-state index contributed by atoms with van der Waals surface area (Å²) in [5.74, 6) is 0.186. The standard InChI is InChI=1S/C14H20N2O3/c17-12-7-11(8-13(18)9-12)14(19)16-6-3-10-1-4-15-5-2-10/h7-10,15,17-18H,1-6H2,(H,16,19). The average Bonchev–Trinajstić information content (AvgIpc) is 2.38. The molecule has 1 aromatic rings. The molecule has 1 saturated heterocycles. The predicted octanol–water partition coefficient (Wildman–Crippen LogP) is 1.22. The first-order valence-electron chi connectivity index (χ1n) is 6.67. The Morgan fingerprint density at radius 2 is 1.84 bits per heavy atom. The molecule has 104 valence electrons. The highest BCUT2D eigenvalue weighted by molar-refractivity contribution is 5.95. The van der Waals surface area contributed by atoms with Gasteiger partial charge >= 0.3 is 0 Å². The minimum absolute atomic E-state index is 0.108. The molecule has 1 aliphatic rings. The zero-order valence-corrected chi connectivity index (χ0v) is 10.9. The normalized spacial score (nSPS) is 16.2. The largest absolute Gasteiger partial charge is 0.508 e. The fourth-order valence-corrected chi connectivity index (χ4v) is 2.39. The van der Waals surface area contributed by atoms with E-state index < -0.39 is 0 Å². The van der Waals surface area contributed by atoms with Crippen molar-refractivity contribution in [2.24, 2.45) is 5.92 Å². The van der Waals surface area contributed by atoms with Gasteiger partial charge in [0.05, 0.1) is 0 Å². The van der Waals surface area contributed by atoms with E-state index in [4.69, 9.17) is 0 Å². The van der Waals surface area contributed by atoms with Crippen molar-refractivity contribution in [3.63, 3.8) is 0 Å². The molecule has 0 unspecified atom stereocenters. The van der Waals surface area contributed by atoms with Crippen LogP contribution in [0.25, 0.3) is 0 Å². The molecule has 5 nitrogen and oxygen atoms in total. The molecule has 0 radical (unpaired) electrons. The van der Waals surface area contributed by atoms with Gasteiger partial charge < -0.3 is 20.8 Å². The van der Waals surface area contributed by atoms with Crippen LogP contribution in [0.15, 0.2) is 18.2 Å². The van der Waals surface area contributed by atoms with Crippen molar-refractivity contribution >= 4 is 5.91 Å². The summed E-state index contributed by atoms with van der Waals surface area (Å²) in [5.41, 5.74) is 0.280. The zero-order valence-electron chi connectivity index (χ0n) is 10.9. The van der Waals surface area contributed by atoms with Gasteiger partial charge in [-0.25, -0.2) is 0 Å². The molecule has 1 fully saturated rings. The SMILES string of the molecule is O=C(NCCC1CCNCC1)c1cc(O)cc(O)c1. The minimum atomic E-state index is -0.264. The summed E-state index contributed by atoms with van der Waals surface area (Å²) in [6.45, 7) is 2.73. The van der Waals surface area contributed by atoms with Gasteiger partial charge in [-0.2, -0.15) is 0 Å². The van der Waals surface area contributed by atoms with Crippen molar-refractivity contribution in [3.05, 3.63) is 23.8 Å². The first-order valence-corrected chi connectivity index (χ1v) is 6.67. The molecule has 0 aliphatic carbocycles. The second kappa shape index (κ2) is 6.43. The van der Waals surface area contributed by atoms with Crippen LogP contribution >= 0.6 is 0 Å². The molecule has 1 aliphatic heterocycles. The highest BCUT2D eigenvalue weighted by Gasteiger charge is 2.13. The molecule has 1 amide bonds. The second-order valence-electron chi connectivity index (χ2n) is 4.98. The lowest BCUT2D eigenvalue weighted by atomic mass is 9.95. The lowest BCUT2D eigenvalue weighted by Crippen LogP contribution is -2.31. The number of hydrogen-bond donors (Lipinski definition) is 4. The first kappa shape index (κ1) is 13.7. The molecule has 0 aromatic heterocycles. The van der Waals surface area contributed by atoms with Crippen molar-refractivity contribution in [1.82, 2.24) is 10.6 Å². The number of carbonyl (C=O) groups is 1. The van der Waals surface area contributed by atoms with E-state index >= 15 is 0 Å². The highest BCUT2D eigenvalue weighted by Crippen LogP contribution is 2.20. The highest BCUT2D eigenvalue weighted by atomic mass is 16.3. The van der Waals surface area contributed by atoms with E-state index in [1.165, 1.54) is 18.2 Å². The summed E-state index contributed by atoms with van der Waals surface area (Å²) < 4.78 is 0. The van der Waals surface area contributed by atoms with Crippen LogP contribution in [-0.2, 0) is 0 Å². The molecule has 5 heteroatoms. The van der Waals surface area contributed by atoms with Crippen molar-refractivity contribution in [2.75, 3.05) is 19.6 Å². The van der Waals surface area contributed by atoms with Gasteiger partial charge in [0.2, 0.25) is 0 Å². The third kappa shape index (κ3) is 4.13. The topological polar surface area (TPSA) is 81.6 Å². The van der Waals surface area contributed by atoms with E-state index in [0.29, 0.717) is 12.5 Å². The number of rotatable bonds is 4. The van der Waals surface area contributed by atoms with Gasteiger partial charge in [0.1, 0.15) is 11.5 Å². The number of piperidine rings is 1. The summed E-state index contributed by atoms with van der Waals surface area (Å²) in [7, 11) is 0. The molecule has 1 heterocycles. The third-order valence-electron chi connectivity index (χ3n) is 3.46. The van der Waals surface area contributed by atoms with Gasteiger partial charge in [0.15, 0.2) is 0 Å². The van der Waals surface area contributed by atoms with E-state index in [1.807, 2.05) is 0 Å². The van der Waals surface area contributed by atoms with Gasteiger partial charge in [-0.1, -0.05) is 0 Å². The van der Waals surface area contributed by atoms with E-state index in [-0.39, 0.29) is 23.0 Å². The predicted molar refractivity (Wildman–Crippen MR) is 72.3 cm³/mol. The quantitative estimate of drug-likeness (QED) is 0.659. The fraction of sp³-hybridized carbons (Fsp3) is 0.500. The van der Waals surface area contributed by atoms with Crippen molar-refractivity contribution in [1.29, 1.82) is 0 Å². The molecule has 0 spiro atoms. The summed E-state index contributed by atoms with van der Waals surface area (Å²) in [6.07, 6.45) is 3.28. The van der Waals surface area contributed by atoms with E-state index in [0.717, 1.165) is 32.4 Å². The molecule has 2 rings (SSSR count). The lowest BCUT2D eigenvalue weighted by Gasteiger charge is -2.22. The average molecular weight is 264 g/mol. The maximum atomic E-state index is 11.8. The lowest BCUT2D eigenvalue weighted by molar-refractivity contribution is 0.0949. The molecule has 0 atom stereocenters. The Balaban J connectivity index is 1.80. The summed E-state index contributed by atoms with van der Waals surface area (Å²) in [6, 6.07) is 3.89. The molecule has 0 bridgehead atoms. The molecular weight excluding hydrogens is 244 g/mol. The Labute approximate surface area is 112 Å². The minimum Gasteiger partial charge on any atom is -0.508 e. The smallest absolute Gasteiger partial charge is 0.251 e. The van der Waals surface area contributed by atoms with Crippen LogP contribution in [0, 0.1) is 5.92 Å². The number of aromatic hydroxyl groups is 2. The molecule has 4 N–H and O–H groups in total. The Bertz CT molecular complexity index is 422. The number of carbonyl (C=O) groups excluding carboxylic acids is 1. The number of nitrogens with one attached hydrogen (secondary N) is 2. The summed E-state index contributed by atoms with van der Waals surface area (Å²) in [4.78, 5) is 11.8. The number of hydrogen-bond acceptors (Lipinski definition) is 4. The first-order chi connectivity index (χ1) is 9.15. The van der Waals surface area contributed by atoms with Crippen LogP contribution in [0.3, 0.4) is 0 Å². The Hall–Kier alpha value is -1.75. The maximum Gasteiger partial charge on any atom is 0.251 e. The van der Waals surface area contributed by atoms with Gasteiger partial charge in [0.25, 0.3) is 5.91 Å². The van der Waals surface area contributed by atoms with E-state index in [1.54, 1.807) is 0 Å². The molecule has 19 heavy (non-hydrogen) atoms. The monoisotopic (exact) mass is 264 g/mol. The van der Waals surface area contributed by atoms with Crippen LogP contribution in [0.2, 0.25) is 0 Å². The Morgan fingerprint density at radius 3 is 2.47 bits per heavy atom. The molecule has 0 saturated carbocycles. The zero-order chi connectivity index (χ0) is 13.7. The van der Waals surface area contributed by atoms with Crippen molar-refractivity contribution < 1.29 is 15.0 Å². The van der Waals surface area contributed by atoms with Gasteiger partial charge in [-0.3, -0.25) is 4.79 Å². The number of amides is 1. The maximum absolute atomic E-state index is 11.8. The van der Waals surface area contributed by atoms with Crippen LogP contribution in [-0.4, -0.2) is 35.8 Å². The molecule has 1 aromatic carbocycles. The Morgan fingerprint density at radius 1 is 1.21 bits per heavy atom. The van der Waals surface area contributed by atoms with E-state index in [9.17, 15) is 15.0 Å².